The number of pyridine rings is 1. The summed E-state index contributed by atoms with van der Waals surface area (Å²) < 4.78 is 50.1. The summed E-state index contributed by atoms with van der Waals surface area (Å²) >= 11 is 6.37. The lowest BCUT2D eigenvalue weighted by molar-refractivity contribution is 0.466. The third kappa shape index (κ3) is 6.16. The molecule has 0 saturated carbocycles. The van der Waals surface area contributed by atoms with E-state index in [-0.39, 0.29) is 28.7 Å². The molecule has 1 fully saturated rings. The van der Waals surface area contributed by atoms with Crippen LogP contribution in [0.2, 0.25) is 0 Å². The Kier molecular flexibility index (Phi) is 8.34. The number of hydrogen-bond acceptors (Lipinski definition) is 9. The van der Waals surface area contributed by atoms with E-state index in [1.807, 2.05) is 13.0 Å². The lowest BCUT2D eigenvalue weighted by atomic mass is 10.0. The third-order valence-electron chi connectivity index (χ3n) is 7.32. The quantitative estimate of drug-likeness (QED) is 0.207. The Balaban J connectivity index is 1.35. The first-order valence-electron chi connectivity index (χ1n) is 14.0. The standard InChI is InChI=1S/C30H30ClFN8O3S/c1-19-7-8-22-23(9-10-25(32)27(22)40(31)44(41,42)18-21-12-16-39(2)38-21)28(19)43-29-24(6-4-14-34-29)26-11-15-35-30(37-26)36-20-5-3-13-33-17-20/h4,6-12,14-16,20,33H,3,5,13,17-18H2,1-2H3,(H,35,36,37)/t20-/m0/s1. The predicted molar refractivity (Wildman–Crippen MR) is 168 cm³/mol. The molecule has 0 aliphatic carbocycles. The van der Waals surface area contributed by atoms with Crippen LogP contribution in [0, 0.1) is 12.7 Å². The summed E-state index contributed by atoms with van der Waals surface area (Å²) in [7, 11) is -2.53. The zero-order chi connectivity index (χ0) is 30.8. The van der Waals surface area contributed by atoms with Gasteiger partial charge in [0.05, 0.1) is 17.0 Å². The molecular weight excluding hydrogens is 607 g/mol. The summed E-state index contributed by atoms with van der Waals surface area (Å²) in [6, 6.07) is 13.2. The van der Waals surface area contributed by atoms with Crippen molar-refractivity contribution in [1.29, 1.82) is 0 Å². The Morgan fingerprint density at radius 1 is 1.14 bits per heavy atom. The fraction of sp³-hybridized carbons (Fsp3) is 0.267. The van der Waals surface area contributed by atoms with E-state index in [0.717, 1.165) is 37.6 Å². The second-order valence-electron chi connectivity index (χ2n) is 10.6. The molecule has 2 aromatic carbocycles. The van der Waals surface area contributed by atoms with E-state index in [1.165, 1.54) is 10.7 Å². The van der Waals surface area contributed by atoms with Crippen LogP contribution in [-0.2, 0) is 22.8 Å². The smallest absolute Gasteiger partial charge is 0.254 e. The highest BCUT2D eigenvalue weighted by Crippen LogP contribution is 2.41. The normalized spacial score (nSPS) is 15.3. The van der Waals surface area contributed by atoms with Crippen LogP contribution in [0.15, 0.2) is 67.1 Å². The Morgan fingerprint density at radius 3 is 2.75 bits per heavy atom. The lowest BCUT2D eigenvalue weighted by Crippen LogP contribution is -2.38. The topological polar surface area (TPSA) is 127 Å². The summed E-state index contributed by atoms with van der Waals surface area (Å²) in [6.45, 7) is 3.67. The molecule has 0 radical (unpaired) electrons. The molecular formula is C30H30ClFN8O3S. The number of fused-ring (bicyclic) bond motifs is 1. The zero-order valence-corrected chi connectivity index (χ0v) is 25.6. The van der Waals surface area contributed by atoms with Crippen LogP contribution in [0.25, 0.3) is 22.0 Å². The largest absolute Gasteiger partial charge is 0.437 e. The van der Waals surface area contributed by atoms with Gasteiger partial charge in [0.25, 0.3) is 10.0 Å². The van der Waals surface area contributed by atoms with Crippen LogP contribution in [0.1, 0.15) is 24.1 Å². The Hall–Kier alpha value is -4.33. The number of ether oxygens (including phenoxy) is 1. The van der Waals surface area contributed by atoms with Crippen molar-refractivity contribution in [3.8, 4) is 22.9 Å². The van der Waals surface area contributed by atoms with E-state index in [2.05, 4.69) is 25.7 Å². The van der Waals surface area contributed by atoms with Crippen LogP contribution in [-0.4, -0.2) is 52.3 Å². The lowest BCUT2D eigenvalue weighted by Gasteiger charge is -2.23. The van der Waals surface area contributed by atoms with Gasteiger partial charge >= 0.3 is 0 Å². The van der Waals surface area contributed by atoms with Gasteiger partial charge in [0, 0.05) is 60.8 Å². The van der Waals surface area contributed by atoms with Crippen molar-refractivity contribution in [3.63, 3.8) is 0 Å². The van der Waals surface area contributed by atoms with Crippen molar-refractivity contribution in [3.05, 3.63) is 84.2 Å². The number of nitrogens with one attached hydrogen (secondary N) is 2. The molecule has 44 heavy (non-hydrogen) atoms. The van der Waals surface area contributed by atoms with Crippen molar-refractivity contribution >= 4 is 44.2 Å². The summed E-state index contributed by atoms with van der Waals surface area (Å²) in [6.07, 6.45) is 6.99. The van der Waals surface area contributed by atoms with Gasteiger partial charge in [-0.3, -0.25) is 4.68 Å². The predicted octanol–water partition coefficient (Wildman–Crippen LogP) is 5.32. The summed E-state index contributed by atoms with van der Waals surface area (Å²) in [4.78, 5) is 13.6. The molecule has 14 heteroatoms. The third-order valence-corrected chi connectivity index (χ3v) is 9.45. The van der Waals surface area contributed by atoms with Gasteiger partial charge < -0.3 is 15.4 Å². The minimum absolute atomic E-state index is 0.228. The highest BCUT2D eigenvalue weighted by molar-refractivity contribution is 7.93. The number of nitrogens with zero attached hydrogens (tertiary/aromatic N) is 6. The Bertz CT molecular complexity index is 1930. The van der Waals surface area contributed by atoms with Gasteiger partial charge in [-0.15, -0.1) is 0 Å². The molecule has 11 nitrogen and oxygen atoms in total. The first-order valence-corrected chi connectivity index (χ1v) is 16.0. The summed E-state index contributed by atoms with van der Waals surface area (Å²) in [5.41, 5.74) is 1.91. The van der Waals surface area contributed by atoms with Crippen LogP contribution < -0.4 is 19.2 Å². The molecule has 3 aromatic heterocycles. The molecule has 0 unspecified atom stereocenters. The molecule has 1 aliphatic heterocycles. The molecule has 228 valence electrons. The average molecular weight is 637 g/mol. The Morgan fingerprint density at radius 2 is 1.98 bits per heavy atom. The van der Waals surface area contributed by atoms with E-state index in [9.17, 15) is 8.42 Å². The van der Waals surface area contributed by atoms with E-state index in [4.69, 9.17) is 21.5 Å². The van der Waals surface area contributed by atoms with Crippen molar-refractivity contribution in [2.45, 2.75) is 31.6 Å². The van der Waals surface area contributed by atoms with Gasteiger partial charge in [0.1, 0.15) is 23.0 Å². The number of aryl methyl sites for hydroxylation is 2. The van der Waals surface area contributed by atoms with Crippen LogP contribution in [0.3, 0.4) is 0 Å². The van der Waals surface area contributed by atoms with E-state index in [1.54, 1.807) is 56.0 Å². The number of piperidine rings is 1. The first kappa shape index (κ1) is 29.7. The minimum Gasteiger partial charge on any atom is -0.437 e. The molecule has 1 saturated heterocycles. The molecule has 1 atom stereocenters. The molecule has 6 rings (SSSR count). The van der Waals surface area contributed by atoms with Crippen LogP contribution >= 0.6 is 11.8 Å². The highest BCUT2D eigenvalue weighted by atomic mass is 35.5. The molecule has 0 amide bonds. The summed E-state index contributed by atoms with van der Waals surface area (Å²) in [5.74, 6) is -0.173. The molecule has 2 N–H and O–H groups in total. The van der Waals surface area contributed by atoms with E-state index >= 15 is 4.39 Å². The van der Waals surface area contributed by atoms with E-state index in [0.29, 0.717) is 32.2 Å². The maximum atomic E-state index is 15.3. The van der Waals surface area contributed by atoms with Gasteiger partial charge in [0.2, 0.25) is 11.8 Å². The number of aromatic nitrogens is 5. The molecule has 1 aliphatic rings. The first-order chi connectivity index (χ1) is 21.2. The van der Waals surface area contributed by atoms with Gasteiger partial charge in [-0.1, -0.05) is 12.1 Å². The number of rotatable bonds is 9. The minimum atomic E-state index is -4.20. The van der Waals surface area contributed by atoms with Gasteiger partial charge in [0.15, 0.2) is 0 Å². The van der Waals surface area contributed by atoms with Crippen molar-refractivity contribution in [2.75, 3.05) is 22.2 Å². The Labute approximate surface area is 259 Å². The molecule has 5 aromatic rings. The van der Waals surface area contributed by atoms with Crippen molar-refractivity contribution in [2.24, 2.45) is 7.05 Å². The highest BCUT2D eigenvalue weighted by Gasteiger charge is 2.28. The second-order valence-corrected chi connectivity index (χ2v) is 12.9. The number of anilines is 2. The summed E-state index contributed by atoms with van der Waals surface area (Å²) in [5, 5.41) is 11.6. The van der Waals surface area contributed by atoms with Crippen LogP contribution in [0.4, 0.5) is 16.0 Å². The van der Waals surface area contributed by atoms with Gasteiger partial charge in [-0.2, -0.15) is 8.92 Å². The van der Waals surface area contributed by atoms with Gasteiger partial charge in [-0.05, 0) is 68.3 Å². The van der Waals surface area contributed by atoms with Gasteiger partial charge in [-0.25, -0.2) is 27.8 Å². The average Bonchev–Trinajstić information content (AvgIpc) is 3.42. The monoisotopic (exact) mass is 636 g/mol. The molecule has 4 heterocycles. The fourth-order valence-electron chi connectivity index (χ4n) is 5.18. The van der Waals surface area contributed by atoms with Crippen molar-refractivity contribution < 1.29 is 17.5 Å². The second kappa shape index (κ2) is 12.3. The molecule has 0 bridgehead atoms. The number of halogens is 2. The number of benzene rings is 2. The van der Waals surface area contributed by atoms with Crippen molar-refractivity contribution in [1.82, 2.24) is 30.0 Å². The number of sulfonamides is 1. The number of hydrogen-bond donors (Lipinski definition) is 2. The maximum Gasteiger partial charge on any atom is 0.254 e. The fourth-order valence-corrected chi connectivity index (χ4v) is 6.60. The van der Waals surface area contributed by atoms with E-state index < -0.39 is 21.6 Å². The molecule has 0 spiro atoms. The SMILES string of the molecule is Cc1ccc2c(N(Cl)S(=O)(=O)Cc3ccn(C)n3)c(F)ccc2c1Oc1ncccc1-c1ccnc(N[C@H]2CCCNC2)n1. The maximum absolute atomic E-state index is 15.3. The van der Waals surface area contributed by atoms with Crippen LogP contribution in [0.5, 0.6) is 11.6 Å². The zero-order valence-electron chi connectivity index (χ0n) is 24.0.